The van der Waals surface area contributed by atoms with Crippen molar-refractivity contribution in [1.82, 2.24) is 4.90 Å². The van der Waals surface area contributed by atoms with Crippen LogP contribution >= 0.6 is 15.9 Å². The molecule has 2 aromatic carbocycles. The molecule has 29 heavy (non-hydrogen) atoms. The highest BCUT2D eigenvalue weighted by atomic mass is 79.9. The van der Waals surface area contributed by atoms with Crippen LogP contribution in [-0.2, 0) is 10.0 Å². The van der Waals surface area contributed by atoms with Gasteiger partial charge in [0.15, 0.2) is 0 Å². The van der Waals surface area contributed by atoms with E-state index in [0.29, 0.717) is 28.0 Å². The van der Waals surface area contributed by atoms with Gasteiger partial charge in [-0.3, -0.25) is 9.52 Å². The predicted molar refractivity (Wildman–Crippen MR) is 117 cm³/mol. The van der Waals surface area contributed by atoms with Gasteiger partial charge >= 0.3 is 0 Å². The Kier molecular flexibility index (Phi) is 6.85. The smallest absolute Gasteiger partial charge is 0.261 e. The van der Waals surface area contributed by atoms with Gasteiger partial charge in [-0.1, -0.05) is 13.0 Å². The number of hydrogen-bond donors (Lipinski definition) is 1. The third-order valence-corrected chi connectivity index (χ3v) is 7.15. The SMILES string of the molecule is CCC1CCCCN1C(=O)c1cccc(S(=O)(=O)Nc2ccc(OC)c(Br)c2)c1. The summed E-state index contributed by atoms with van der Waals surface area (Å²) in [6.45, 7) is 2.79. The number of nitrogens with zero attached hydrogens (tertiary/aromatic N) is 1. The molecule has 6 nitrogen and oxygen atoms in total. The molecule has 1 N–H and O–H groups in total. The highest BCUT2D eigenvalue weighted by Gasteiger charge is 2.27. The molecule has 1 saturated heterocycles. The van der Waals surface area contributed by atoms with Gasteiger partial charge in [0.2, 0.25) is 0 Å². The Hall–Kier alpha value is -2.06. The number of carbonyl (C=O) groups is 1. The van der Waals surface area contributed by atoms with Crippen LogP contribution in [0.4, 0.5) is 5.69 Å². The lowest BCUT2D eigenvalue weighted by molar-refractivity contribution is 0.0608. The monoisotopic (exact) mass is 480 g/mol. The normalized spacial score (nSPS) is 17.1. The zero-order chi connectivity index (χ0) is 21.0. The van der Waals surface area contributed by atoms with Crippen molar-refractivity contribution >= 4 is 37.5 Å². The summed E-state index contributed by atoms with van der Waals surface area (Å²) in [6, 6.07) is 11.4. The molecule has 1 atom stereocenters. The predicted octanol–water partition coefficient (Wildman–Crippen LogP) is 4.66. The number of likely N-dealkylation sites (tertiary alicyclic amines) is 1. The molecule has 0 aromatic heterocycles. The molecular weight excluding hydrogens is 456 g/mol. The first-order valence-electron chi connectivity index (χ1n) is 9.63. The molecule has 1 heterocycles. The number of nitrogens with one attached hydrogen (secondary N) is 1. The van der Waals surface area contributed by atoms with Crippen LogP contribution in [0.3, 0.4) is 0 Å². The fourth-order valence-electron chi connectivity index (χ4n) is 3.60. The van der Waals surface area contributed by atoms with Gasteiger partial charge in [-0.15, -0.1) is 0 Å². The van der Waals surface area contributed by atoms with E-state index in [1.165, 1.54) is 19.2 Å². The van der Waals surface area contributed by atoms with Crippen molar-refractivity contribution in [1.29, 1.82) is 0 Å². The number of halogens is 1. The van der Waals surface area contributed by atoms with E-state index in [1.807, 2.05) is 4.90 Å². The second-order valence-electron chi connectivity index (χ2n) is 7.04. The van der Waals surface area contributed by atoms with Crippen LogP contribution in [0, 0.1) is 0 Å². The first-order valence-corrected chi connectivity index (χ1v) is 11.9. The number of ether oxygens (including phenoxy) is 1. The molecule has 1 amide bonds. The standard InChI is InChI=1S/C21H25BrN2O4S/c1-3-17-8-4-5-12-24(17)21(25)15-7-6-9-18(13-15)29(26,27)23-16-10-11-20(28-2)19(22)14-16/h6-7,9-11,13-14,17,23H,3-5,8,12H2,1-2H3. The van der Waals surface area contributed by atoms with Crippen LogP contribution in [0.15, 0.2) is 51.8 Å². The highest BCUT2D eigenvalue weighted by Crippen LogP contribution is 2.29. The second-order valence-corrected chi connectivity index (χ2v) is 9.58. The molecule has 2 aromatic rings. The number of hydrogen-bond acceptors (Lipinski definition) is 4. The van der Waals surface area contributed by atoms with Gasteiger partial charge in [-0.2, -0.15) is 0 Å². The van der Waals surface area contributed by atoms with E-state index in [-0.39, 0.29) is 16.8 Å². The van der Waals surface area contributed by atoms with Crippen molar-refractivity contribution in [2.45, 2.75) is 43.5 Å². The Bertz CT molecular complexity index is 994. The minimum Gasteiger partial charge on any atom is -0.496 e. The summed E-state index contributed by atoms with van der Waals surface area (Å²) < 4.78 is 34.1. The Balaban J connectivity index is 1.84. The maximum absolute atomic E-state index is 13.0. The molecule has 1 aliphatic rings. The quantitative estimate of drug-likeness (QED) is 0.651. The summed E-state index contributed by atoms with van der Waals surface area (Å²) in [7, 11) is -2.30. The number of anilines is 1. The van der Waals surface area contributed by atoms with E-state index >= 15 is 0 Å². The topological polar surface area (TPSA) is 75.7 Å². The van der Waals surface area contributed by atoms with Gasteiger partial charge in [0.25, 0.3) is 15.9 Å². The van der Waals surface area contributed by atoms with Gasteiger partial charge in [0, 0.05) is 18.2 Å². The number of piperidine rings is 1. The van der Waals surface area contributed by atoms with E-state index < -0.39 is 10.0 Å². The van der Waals surface area contributed by atoms with E-state index in [2.05, 4.69) is 27.6 Å². The van der Waals surface area contributed by atoms with Crippen LogP contribution in [0.25, 0.3) is 0 Å². The van der Waals surface area contributed by atoms with Gasteiger partial charge in [0.05, 0.1) is 22.2 Å². The maximum atomic E-state index is 13.0. The van der Waals surface area contributed by atoms with Gasteiger partial charge in [0.1, 0.15) is 5.75 Å². The fourth-order valence-corrected chi connectivity index (χ4v) is 5.23. The lowest BCUT2D eigenvalue weighted by atomic mass is 9.99. The van der Waals surface area contributed by atoms with Crippen LogP contribution < -0.4 is 9.46 Å². The van der Waals surface area contributed by atoms with Gasteiger partial charge in [-0.05, 0) is 78.0 Å². The molecule has 1 aliphatic heterocycles. The molecule has 0 aliphatic carbocycles. The zero-order valence-electron chi connectivity index (χ0n) is 16.5. The molecule has 0 bridgehead atoms. The van der Waals surface area contributed by atoms with E-state index in [9.17, 15) is 13.2 Å². The van der Waals surface area contributed by atoms with Crippen molar-refractivity contribution in [3.63, 3.8) is 0 Å². The average Bonchev–Trinajstić information content (AvgIpc) is 2.73. The summed E-state index contributed by atoms with van der Waals surface area (Å²) in [5, 5.41) is 0. The Morgan fingerprint density at radius 2 is 2.03 bits per heavy atom. The molecular formula is C21H25BrN2O4S. The van der Waals surface area contributed by atoms with E-state index in [1.54, 1.807) is 30.3 Å². The summed E-state index contributed by atoms with van der Waals surface area (Å²) >= 11 is 3.35. The fraction of sp³-hybridized carbons (Fsp3) is 0.381. The summed E-state index contributed by atoms with van der Waals surface area (Å²) in [5.41, 5.74) is 0.792. The molecule has 0 spiro atoms. The first-order chi connectivity index (χ1) is 13.9. The number of rotatable bonds is 6. The van der Waals surface area contributed by atoms with Crippen LogP contribution in [0.2, 0.25) is 0 Å². The van der Waals surface area contributed by atoms with Crippen LogP contribution in [0.1, 0.15) is 43.0 Å². The number of methoxy groups -OCH3 is 1. The Labute approximate surface area is 180 Å². The number of benzene rings is 2. The van der Waals surface area contributed by atoms with Crippen molar-refractivity contribution in [3.8, 4) is 5.75 Å². The molecule has 3 rings (SSSR count). The highest BCUT2D eigenvalue weighted by molar-refractivity contribution is 9.10. The lowest BCUT2D eigenvalue weighted by Gasteiger charge is -2.35. The minimum atomic E-state index is -3.84. The Morgan fingerprint density at radius 3 is 2.72 bits per heavy atom. The van der Waals surface area contributed by atoms with E-state index in [0.717, 1.165) is 25.7 Å². The van der Waals surface area contributed by atoms with Crippen LogP contribution in [-0.4, -0.2) is 38.9 Å². The number of amides is 1. The number of sulfonamides is 1. The molecule has 1 fully saturated rings. The molecule has 1 unspecified atom stereocenters. The summed E-state index contributed by atoms with van der Waals surface area (Å²) in [6.07, 6.45) is 4.00. The number of carbonyl (C=O) groups excluding carboxylic acids is 1. The zero-order valence-corrected chi connectivity index (χ0v) is 18.9. The summed E-state index contributed by atoms with van der Waals surface area (Å²) in [5.74, 6) is 0.494. The first kappa shape index (κ1) is 21.6. The third kappa shape index (κ3) is 4.93. The van der Waals surface area contributed by atoms with Crippen LogP contribution in [0.5, 0.6) is 5.75 Å². The van der Waals surface area contributed by atoms with E-state index in [4.69, 9.17) is 4.74 Å². The van der Waals surface area contributed by atoms with Crippen molar-refractivity contribution in [2.75, 3.05) is 18.4 Å². The molecule has 156 valence electrons. The van der Waals surface area contributed by atoms with Gasteiger partial charge in [-0.25, -0.2) is 8.42 Å². The molecule has 8 heteroatoms. The minimum absolute atomic E-state index is 0.0559. The third-order valence-electron chi connectivity index (χ3n) is 5.15. The van der Waals surface area contributed by atoms with Gasteiger partial charge < -0.3 is 9.64 Å². The lowest BCUT2D eigenvalue weighted by Crippen LogP contribution is -2.43. The Morgan fingerprint density at radius 1 is 1.24 bits per heavy atom. The van der Waals surface area contributed by atoms with Crippen molar-refractivity contribution in [2.24, 2.45) is 0 Å². The van der Waals surface area contributed by atoms with Crippen molar-refractivity contribution in [3.05, 3.63) is 52.5 Å². The second kappa shape index (κ2) is 9.17. The molecule has 0 saturated carbocycles. The average molecular weight is 481 g/mol. The van der Waals surface area contributed by atoms with Crippen molar-refractivity contribution < 1.29 is 17.9 Å². The molecule has 0 radical (unpaired) electrons. The maximum Gasteiger partial charge on any atom is 0.261 e. The largest absolute Gasteiger partial charge is 0.496 e. The summed E-state index contributed by atoms with van der Waals surface area (Å²) in [4.78, 5) is 14.9.